The van der Waals surface area contributed by atoms with Gasteiger partial charge < -0.3 is 9.73 Å². The molecule has 1 aliphatic rings. The lowest BCUT2D eigenvalue weighted by molar-refractivity contribution is 0.450. The first-order valence-corrected chi connectivity index (χ1v) is 9.33. The Bertz CT molecular complexity index is 501. The van der Waals surface area contributed by atoms with Crippen molar-refractivity contribution < 1.29 is 12.8 Å². The van der Waals surface area contributed by atoms with Crippen molar-refractivity contribution in [3.63, 3.8) is 0 Å². The summed E-state index contributed by atoms with van der Waals surface area (Å²) in [6, 6.07) is 3.66. The third-order valence-corrected chi connectivity index (χ3v) is 6.02. The fraction of sp³-hybridized carbons (Fsp3) is 0.733. The SMILES string of the molecule is CCCNCc1ccc(CS(=O)(=O)C2CCCCC2)o1. The summed E-state index contributed by atoms with van der Waals surface area (Å²) in [5.41, 5.74) is 0. The molecule has 0 saturated heterocycles. The minimum atomic E-state index is -3.06. The van der Waals surface area contributed by atoms with Crippen LogP contribution in [0.25, 0.3) is 0 Å². The smallest absolute Gasteiger partial charge is 0.160 e. The Morgan fingerprint density at radius 3 is 2.60 bits per heavy atom. The molecule has 0 radical (unpaired) electrons. The lowest BCUT2D eigenvalue weighted by Gasteiger charge is -2.21. The van der Waals surface area contributed by atoms with Crippen molar-refractivity contribution in [3.8, 4) is 0 Å². The molecule has 1 fully saturated rings. The van der Waals surface area contributed by atoms with E-state index in [1.165, 1.54) is 6.42 Å². The molecule has 114 valence electrons. The first-order valence-electron chi connectivity index (χ1n) is 7.61. The van der Waals surface area contributed by atoms with Crippen LogP contribution in [0.2, 0.25) is 0 Å². The summed E-state index contributed by atoms with van der Waals surface area (Å²) in [6.45, 7) is 3.71. The molecule has 1 saturated carbocycles. The zero-order valence-electron chi connectivity index (χ0n) is 12.2. The molecule has 0 amide bonds. The van der Waals surface area contributed by atoms with Gasteiger partial charge >= 0.3 is 0 Å². The van der Waals surface area contributed by atoms with Gasteiger partial charge in [0.2, 0.25) is 0 Å². The van der Waals surface area contributed by atoms with Gasteiger partial charge in [-0.3, -0.25) is 0 Å². The van der Waals surface area contributed by atoms with Crippen molar-refractivity contribution in [1.29, 1.82) is 0 Å². The maximum absolute atomic E-state index is 12.3. The standard InChI is InChI=1S/C15H25NO3S/c1-2-10-16-11-13-8-9-14(19-13)12-20(17,18)15-6-4-3-5-7-15/h8-9,15-16H,2-7,10-12H2,1H3. The predicted octanol–water partition coefficient (Wildman–Crippen LogP) is 3.03. The highest BCUT2D eigenvalue weighted by atomic mass is 32.2. The van der Waals surface area contributed by atoms with Crippen LogP contribution in [-0.2, 0) is 22.1 Å². The van der Waals surface area contributed by atoms with Gasteiger partial charge in [-0.25, -0.2) is 8.42 Å². The van der Waals surface area contributed by atoms with Gasteiger partial charge in [-0.15, -0.1) is 0 Å². The predicted molar refractivity (Wildman–Crippen MR) is 80.2 cm³/mol. The van der Waals surface area contributed by atoms with Crippen molar-refractivity contribution in [2.75, 3.05) is 6.54 Å². The van der Waals surface area contributed by atoms with E-state index in [-0.39, 0.29) is 11.0 Å². The molecule has 0 unspecified atom stereocenters. The molecule has 0 aromatic carbocycles. The van der Waals surface area contributed by atoms with Crippen LogP contribution in [0.15, 0.2) is 16.5 Å². The molecular formula is C15H25NO3S. The molecule has 0 atom stereocenters. The Morgan fingerprint density at radius 2 is 1.90 bits per heavy atom. The summed E-state index contributed by atoms with van der Waals surface area (Å²) in [7, 11) is -3.06. The average Bonchev–Trinajstić information content (AvgIpc) is 2.87. The van der Waals surface area contributed by atoms with Crippen LogP contribution in [-0.4, -0.2) is 20.2 Å². The first kappa shape index (κ1) is 15.6. The van der Waals surface area contributed by atoms with Crippen LogP contribution >= 0.6 is 0 Å². The lowest BCUT2D eigenvalue weighted by atomic mass is 10.0. The Labute approximate surface area is 121 Å². The second-order valence-corrected chi connectivity index (χ2v) is 7.89. The average molecular weight is 299 g/mol. The summed E-state index contributed by atoms with van der Waals surface area (Å²) in [5.74, 6) is 1.43. The van der Waals surface area contributed by atoms with Gasteiger partial charge in [0, 0.05) is 0 Å². The van der Waals surface area contributed by atoms with E-state index >= 15 is 0 Å². The second kappa shape index (κ2) is 7.27. The number of nitrogens with one attached hydrogen (secondary N) is 1. The van der Waals surface area contributed by atoms with E-state index in [1.807, 2.05) is 6.07 Å². The van der Waals surface area contributed by atoms with Crippen molar-refractivity contribution in [1.82, 2.24) is 5.32 Å². The molecule has 0 bridgehead atoms. The van der Waals surface area contributed by atoms with Gasteiger partial charge in [0.15, 0.2) is 9.84 Å². The third kappa shape index (κ3) is 4.35. The van der Waals surface area contributed by atoms with Crippen LogP contribution in [0, 0.1) is 0 Å². The summed E-state index contributed by atoms with van der Waals surface area (Å²) >= 11 is 0. The van der Waals surface area contributed by atoms with E-state index in [0.717, 1.165) is 44.4 Å². The Morgan fingerprint density at radius 1 is 1.20 bits per heavy atom. The van der Waals surface area contributed by atoms with Crippen molar-refractivity contribution in [2.24, 2.45) is 0 Å². The summed E-state index contributed by atoms with van der Waals surface area (Å²) in [4.78, 5) is 0. The number of hydrogen-bond acceptors (Lipinski definition) is 4. The van der Waals surface area contributed by atoms with Crippen LogP contribution in [0.4, 0.5) is 0 Å². The Balaban J connectivity index is 1.91. The van der Waals surface area contributed by atoms with Crippen LogP contribution in [0.3, 0.4) is 0 Å². The lowest BCUT2D eigenvalue weighted by Crippen LogP contribution is -2.25. The van der Waals surface area contributed by atoms with Crippen LogP contribution < -0.4 is 5.32 Å². The molecule has 4 nitrogen and oxygen atoms in total. The van der Waals surface area contributed by atoms with Gasteiger partial charge in [-0.05, 0) is 37.9 Å². The van der Waals surface area contributed by atoms with E-state index in [4.69, 9.17) is 4.42 Å². The zero-order valence-corrected chi connectivity index (χ0v) is 13.0. The van der Waals surface area contributed by atoms with E-state index in [9.17, 15) is 8.42 Å². The molecule has 5 heteroatoms. The fourth-order valence-electron chi connectivity index (χ4n) is 2.72. The number of rotatable bonds is 7. The highest BCUT2D eigenvalue weighted by molar-refractivity contribution is 7.91. The molecular weight excluding hydrogens is 274 g/mol. The van der Waals surface area contributed by atoms with Gasteiger partial charge in [-0.1, -0.05) is 26.2 Å². The summed E-state index contributed by atoms with van der Waals surface area (Å²) in [5, 5.41) is 3.08. The quantitative estimate of drug-likeness (QED) is 0.786. The molecule has 2 rings (SSSR count). The molecule has 20 heavy (non-hydrogen) atoms. The van der Waals surface area contributed by atoms with Crippen molar-refractivity contribution in [3.05, 3.63) is 23.7 Å². The van der Waals surface area contributed by atoms with Gasteiger partial charge in [-0.2, -0.15) is 0 Å². The number of hydrogen-bond donors (Lipinski definition) is 1. The molecule has 0 spiro atoms. The van der Waals surface area contributed by atoms with Gasteiger partial charge in [0.1, 0.15) is 17.3 Å². The van der Waals surface area contributed by atoms with Crippen LogP contribution in [0.5, 0.6) is 0 Å². The first-order chi connectivity index (χ1) is 9.62. The largest absolute Gasteiger partial charge is 0.464 e. The number of sulfone groups is 1. The van der Waals surface area contributed by atoms with Gasteiger partial charge in [0.05, 0.1) is 11.8 Å². The highest BCUT2D eigenvalue weighted by Crippen LogP contribution is 2.26. The van der Waals surface area contributed by atoms with Gasteiger partial charge in [0.25, 0.3) is 0 Å². The highest BCUT2D eigenvalue weighted by Gasteiger charge is 2.28. The normalized spacial score (nSPS) is 17.4. The van der Waals surface area contributed by atoms with Crippen molar-refractivity contribution in [2.45, 2.75) is 63.0 Å². The fourth-order valence-corrected chi connectivity index (χ4v) is 4.56. The maximum atomic E-state index is 12.3. The minimum Gasteiger partial charge on any atom is -0.464 e. The molecule has 1 aromatic rings. The Hall–Kier alpha value is -0.810. The molecule has 0 aliphatic heterocycles. The second-order valence-electron chi connectivity index (χ2n) is 5.61. The van der Waals surface area contributed by atoms with Crippen molar-refractivity contribution >= 4 is 9.84 Å². The monoisotopic (exact) mass is 299 g/mol. The maximum Gasteiger partial charge on any atom is 0.160 e. The zero-order chi connectivity index (χ0) is 14.4. The Kier molecular flexibility index (Phi) is 5.66. The number of furan rings is 1. The minimum absolute atomic E-state index is 0.0471. The molecule has 1 aliphatic carbocycles. The molecule has 1 heterocycles. The van der Waals surface area contributed by atoms with E-state index < -0.39 is 9.84 Å². The van der Waals surface area contributed by atoms with E-state index in [0.29, 0.717) is 12.3 Å². The molecule has 1 aromatic heterocycles. The third-order valence-electron chi connectivity index (χ3n) is 3.85. The topological polar surface area (TPSA) is 59.3 Å². The van der Waals surface area contributed by atoms with E-state index in [1.54, 1.807) is 6.07 Å². The summed E-state index contributed by atoms with van der Waals surface area (Å²) < 4.78 is 30.3. The van der Waals surface area contributed by atoms with Crippen LogP contribution in [0.1, 0.15) is 57.0 Å². The summed E-state index contributed by atoms with van der Waals surface area (Å²) in [6.07, 6.45) is 5.94. The van der Waals surface area contributed by atoms with E-state index in [2.05, 4.69) is 12.2 Å². The molecule has 1 N–H and O–H groups in total.